The molecular formula is C11H13N3O. The number of carbonyl (C=O) groups excluding carboxylic acids is 1. The maximum atomic E-state index is 11.7. The Bertz CT molecular complexity index is 420. The van der Waals surface area contributed by atoms with E-state index in [1.165, 1.54) is 17.6 Å². The van der Waals surface area contributed by atoms with Crippen LogP contribution in [-0.2, 0) is 4.79 Å². The molecule has 0 bridgehead atoms. The first-order valence-electron chi connectivity index (χ1n) is 5.30. The molecule has 1 fully saturated rings. The van der Waals surface area contributed by atoms with E-state index < -0.39 is 0 Å². The van der Waals surface area contributed by atoms with E-state index in [0.29, 0.717) is 0 Å². The molecule has 0 aromatic carbocycles. The van der Waals surface area contributed by atoms with Crippen LogP contribution in [0.15, 0.2) is 28.3 Å². The van der Waals surface area contributed by atoms with Crippen LogP contribution in [0.4, 0.5) is 0 Å². The Morgan fingerprint density at radius 1 is 1.33 bits per heavy atom. The first-order chi connectivity index (χ1) is 7.24. The molecule has 3 N–H and O–H groups in total. The lowest BCUT2D eigenvalue weighted by atomic mass is 9.87. The fourth-order valence-corrected chi connectivity index (χ4v) is 2.55. The zero-order valence-electron chi connectivity index (χ0n) is 8.36. The van der Waals surface area contributed by atoms with E-state index in [1.807, 2.05) is 0 Å². The van der Waals surface area contributed by atoms with Gasteiger partial charge in [0.15, 0.2) is 5.96 Å². The van der Waals surface area contributed by atoms with Crippen LogP contribution in [0.5, 0.6) is 0 Å². The van der Waals surface area contributed by atoms with Crippen molar-refractivity contribution in [2.75, 3.05) is 0 Å². The zero-order chi connectivity index (χ0) is 10.4. The summed E-state index contributed by atoms with van der Waals surface area (Å²) in [6.07, 6.45) is 7.59. The third-order valence-electron chi connectivity index (χ3n) is 3.27. The molecule has 0 aromatic rings. The number of amides is 1. The van der Waals surface area contributed by atoms with Gasteiger partial charge in [0.05, 0.1) is 12.0 Å². The average molecular weight is 203 g/mol. The summed E-state index contributed by atoms with van der Waals surface area (Å²) in [5.41, 5.74) is 8.24. The number of rotatable bonds is 0. The van der Waals surface area contributed by atoms with Crippen molar-refractivity contribution >= 4 is 11.9 Å². The van der Waals surface area contributed by atoms with Gasteiger partial charge in [0.25, 0.3) is 0 Å². The Kier molecular flexibility index (Phi) is 1.71. The summed E-state index contributed by atoms with van der Waals surface area (Å²) in [6.45, 7) is 0. The summed E-state index contributed by atoms with van der Waals surface area (Å²) in [5, 5.41) is 2.57. The SMILES string of the molecule is NC1=NC2C=C3CCCC3=CC2C(=O)N1. The van der Waals surface area contributed by atoms with Crippen molar-refractivity contribution in [2.24, 2.45) is 16.6 Å². The highest BCUT2D eigenvalue weighted by Gasteiger charge is 2.34. The van der Waals surface area contributed by atoms with Gasteiger partial charge >= 0.3 is 0 Å². The lowest BCUT2D eigenvalue weighted by Gasteiger charge is -2.27. The van der Waals surface area contributed by atoms with Crippen LogP contribution < -0.4 is 11.1 Å². The molecule has 2 unspecified atom stereocenters. The predicted octanol–water partition coefficient (Wildman–Crippen LogP) is 0.466. The van der Waals surface area contributed by atoms with Gasteiger partial charge in [-0.15, -0.1) is 0 Å². The molecule has 4 heteroatoms. The largest absolute Gasteiger partial charge is 0.370 e. The van der Waals surface area contributed by atoms with Crippen LogP contribution in [0.25, 0.3) is 0 Å². The number of carbonyl (C=O) groups is 1. The second-order valence-corrected chi connectivity index (χ2v) is 4.26. The predicted molar refractivity (Wildman–Crippen MR) is 57.1 cm³/mol. The molecule has 15 heavy (non-hydrogen) atoms. The standard InChI is InChI=1S/C11H13N3O/c12-11-13-9-5-7-3-1-2-6(7)4-8(9)10(15)14-11/h4-5,8-9H,1-3H2,(H3,12,13,14,15). The van der Waals surface area contributed by atoms with Crippen LogP contribution in [-0.4, -0.2) is 17.9 Å². The number of hydrogen-bond donors (Lipinski definition) is 2. The number of aliphatic imine (C=N–C) groups is 1. The van der Waals surface area contributed by atoms with Crippen molar-refractivity contribution < 1.29 is 4.79 Å². The van der Waals surface area contributed by atoms with Crippen LogP contribution >= 0.6 is 0 Å². The monoisotopic (exact) mass is 203 g/mol. The number of nitrogens with zero attached hydrogens (tertiary/aromatic N) is 1. The van der Waals surface area contributed by atoms with E-state index in [2.05, 4.69) is 22.5 Å². The minimum absolute atomic E-state index is 0.0257. The quantitative estimate of drug-likeness (QED) is 0.600. The fourth-order valence-electron chi connectivity index (χ4n) is 2.55. The van der Waals surface area contributed by atoms with Crippen LogP contribution in [0, 0.1) is 5.92 Å². The lowest BCUT2D eigenvalue weighted by Crippen LogP contribution is -2.48. The normalized spacial score (nSPS) is 33.3. The van der Waals surface area contributed by atoms with Gasteiger partial charge in [0.1, 0.15) is 0 Å². The molecule has 1 aliphatic heterocycles. The first-order valence-corrected chi connectivity index (χ1v) is 5.30. The van der Waals surface area contributed by atoms with Crippen molar-refractivity contribution in [3.8, 4) is 0 Å². The minimum Gasteiger partial charge on any atom is -0.370 e. The Balaban J connectivity index is 2.02. The van der Waals surface area contributed by atoms with Gasteiger partial charge in [-0.1, -0.05) is 12.2 Å². The second-order valence-electron chi connectivity index (χ2n) is 4.26. The molecule has 1 saturated carbocycles. The minimum atomic E-state index is -0.144. The summed E-state index contributed by atoms with van der Waals surface area (Å²) in [4.78, 5) is 15.9. The Morgan fingerprint density at radius 2 is 2.07 bits per heavy atom. The molecule has 0 aromatic heterocycles. The van der Waals surface area contributed by atoms with Crippen molar-refractivity contribution in [1.82, 2.24) is 5.32 Å². The summed E-state index contributed by atoms with van der Waals surface area (Å²) < 4.78 is 0. The highest BCUT2D eigenvalue weighted by molar-refractivity contribution is 6.00. The molecule has 0 spiro atoms. The Hall–Kier alpha value is -1.58. The van der Waals surface area contributed by atoms with Gasteiger partial charge < -0.3 is 5.73 Å². The Labute approximate surface area is 87.9 Å². The van der Waals surface area contributed by atoms with Crippen LogP contribution in [0.3, 0.4) is 0 Å². The molecule has 3 rings (SSSR count). The van der Waals surface area contributed by atoms with Crippen LogP contribution in [0.1, 0.15) is 19.3 Å². The molecule has 78 valence electrons. The van der Waals surface area contributed by atoms with Crippen LogP contribution in [0.2, 0.25) is 0 Å². The van der Waals surface area contributed by atoms with Gasteiger partial charge in [-0.05, 0) is 30.4 Å². The van der Waals surface area contributed by atoms with E-state index in [0.717, 1.165) is 12.8 Å². The molecule has 0 saturated heterocycles. The third-order valence-corrected chi connectivity index (χ3v) is 3.27. The highest BCUT2D eigenvalue weighted by atomic mass is 16.2. The number of fused-ring (bicyclic) bond motifs is 2. The fraction of sp³-hybridized carbons (Fsp3) is 0.455. The zero-order valence-corrected chi connectivity index (χ0v) is 8.36. The van der Waals surface area contributed by atoms with Gasteiger partial charge in [-0.3, -0.25) is 10.1 Å². The molecule has 0 radical (unpaired) electrons. The maximum Gasteiger partial charge on any atom is 0.236 e. The van der Waals surface area contributed by atoms with Crippen molar-refractivity contribution in [1.29, 1.82) is 0 Å². The molecule has 1 amide bonds. The number of guanidine groups is 1. The van der Waals surface area contributed by atoms with Crippen molar-refractivity contribution in [2.45, 2.75) is 25.3 Å². The van der Waals surface area contributed by atoms with Gasteiger partial charge in [0.2, 0.25) is 5.91 Å². The second kappa shape index (κ2) is 2.95. The van der Waals surface area contributed by atoms with E-state index in [9.17, 15) is 4.79 Å². The van der Waals surface area contributed by atoms with E-state index >= 15 is 0 Å². The Morgan fingerprint density at radius 3 is 2.87 bits per heavy atom. The average Bonchev–Trinajstić information content (AvgIpc) is 2.61. The molecule has 2 aliphatic carbocycles. The lowest BCUT2D eigenvalue weighted by molar-refractivity contribution is -0.122. The molecule has 4 nitrogen and oxygen atoms in total. The highest BCUT2D eigenvalue weighted by Crippen LogP contribution is 2.37. The summed E-state index contributed by atoms with van der Waals surface area (Å²) in [7, 11) is 0. The number of allylic oxidation sites excluding steroid dienone is 2. The summed E-state index contributed by atoms with van der Waals surface area (Å²) >= 11 is 0. The van der Waals surface area contributed by atoms with E-state index in [1.54, 1.807) is 0 Å². The molecule has 3 aliphatic rings. The topological polar surface area (TPSA) is 67.5 Å². The molecule has 2 atom stereocenters. The van der Waals surface area contributed by atoms with E-state index in [4.69, 9.17) is 5.73 Å². The third kappa shape index (κ3) is 1.28. The van der Waals surface area contributed by atoms with Gasteiger partial charge in [0, 0.05) is 0 Å². The molecule has 1 heterocycles. The van der Waals surface area contributed by atoms with Crippen molar-refractivity contribution in [3.63, 3.8) is 0 Å². The molecular weight excluding hydrogens is 190 g/mol. The van der Waals surface area contributed by atoms with Gasteiger partial charge in [-0.25, -0.2) is 4.99 Å². The number of hydrogen-bond acceptors (Lipinski definition) is 3. The number of nitrogens with one attached hydrogen (secondary N) is 1. The smallest absolute Gasteiger partial charge is 0.236 e. The maximum absolute atomic E-state index is 11.7. The van der Waals surface area contributed by atoms with Gasteiger partial charge in [-0.2, -0.15) is 0 Å². The van der Waals surface area contributed by atoms with E-state index in [-0.39, 0.29) is 23.8 Å². The first kappa shape index (κ1) is 8.71. The summed E-state index contributed by atoms with van der Waals surface area (Å²) in [6, 6.07) is -0.0735. The number of nitrogens with two attached hydrogens (primary N) is 1. The summed E-state index contributed by atoms with van der Waals surface area (Å²) in [5.74, 6) is 0.0734. The van der Waals surface area contributed by atoms with Crippen molar-refractivity contribution in [3.05, 3.63) is 23.3 Å².